The Hall–Kier alpha value is -2.85. The largest absolute Gasteiger partial charge is 0.488 e. The molecule has 1 unspecified atom stereocenters. The van der Waals surface area contributed by atoms with E-state index in [1.54, 1.807) is 0 Å². The lowest BCUT2D eigenvalue weighted by Gasteiger charge is -2.20. The molecule has 4 rings (SSSR count). The van der Waals surface area contributed by atoms with E-state index in [-0.39, 0.29) is 22.0 Å². The van der Waals surface area contributed by atoms with Gasteiger partial charge in [-0.05, 0) is 63.2 Å². The van der Waals surface area contributed by atoms with Crippen molar-refractivity contribution in [3.05, 3.63) is 72.3 Å². The van der Waals surface area contributed by atoms with Gasteiger partial charge in [-0.1, -0.05) is 18.2 Å². The van der Waals surface area contributed by atoms with Crippen LogP contribution in [0.2, 0.25) is 0 Å². The van der Waals surface area contributed by atoms with Crippen molar-refractivity contribution in [2.24, 2.45) is 0 Å². The van der Waals surface area contributed by atoms with Crippen molar-refractivity contribution < 1.29 is 14.3 Å². The molecular weight excluding hydrogens is 368 g/mol. The van der Waals surface area contributed by atoms with E-state index in [1.807, 2.05) is 30.3 Å². The smallest absolute Gasteiger partial charge is 0.337 e. The van der Waals surface area contributed by atoms with Gasteiger partial charge in [-0.2, -0.15) is 0 Å². The van der Waals surface area contributed by atoms with Gasteiger partial charge in [0.05, 0.1) is 12.7 Å². The molecule has 1 atom stereocenters. The molecule has 0 amide bonds. The highest BCUT2D eigenvalue weighted by Gasteiger charge is 2.25. The number of hydrogen-bond acceptors (Lipinski definition) is 3. The third-order valence-corrected chi connectivity index (χ3v) is 6.80. The third-order valence-electron chi connectivity index (χ3n) is 4.48. The zero-order valence-electron chi connectivity index (χ0n) is 16.5. The maximum atomic E-state index is 12.0. The van der Waals surface area contributed by atoms with Crippen molar-refractivity contribution in [3.8, 4) is 10.6 Å². The van der Waals surface area contributed by atoms with Crippen molar-refractivity contribution >= 4 is 36.6 Å². The summed E-state index contributed by atoms with van der Waals surface area (Å²) in [6, 6.07) is 22.6. The summed E-state index contributed by atoms with van der Waals surface area (Å²) in [7, 11) is 1.18. The summed E-state index contributed by atoms with van der Waals surface area (Å²) in [5.74, 6) is 0.558. The minimum atomic E-state index is -0.312. The Kier molecular flexibility index (Phi) is 4.60. The number of fused-ring (bicyclic) bond motifs is 3. The molecule has 0 saturated heterocycles. The molecule has 0 radical (unpaired) electrons. The number of ether oxygens (including phenoxy) is 2. The highest BCUT2D eigenvalue weighted by Crippen LogP contribution is 2.49. The lowest BCUT2D eigenvalue weighted by molar-refractivity contribution is 0.0601. The molecule has 3 aromatic carbocycles. The first-order chi connectivity index (χ1) is 13.4. The van der Waals surface area contributed by atoms with Crippen LogP contribution < -0.4 is 4.74 Å². The number of benzene rings is 3. The quantitative estimate of drug-likeness (QED) is 0.288. The monoisotopic (exact) mass is 391 g/mol. The maximum absolute atomic E-state index is 12.0. The minimum absolute atomic E-state index is 0.235. The van der Waals surface area contributed by atoms with Gasteiger partial charge < -0.3 is 9.47 Å². The molecule has 3 nitrogen and oxygen atoms in total. The summed E-state index contributed by atoms with van der Waals surface area (Å²) in [5.41, 5.74) is 0.328. The molecule has 4 heteroatoms. The van der Waals surface area contributed by atoms with Crippen LogP contribution in [0.1, 0.15) is 31.1 Å². The second-order valence-corrected chi connectivity index (χ2v) is 9.66. The van der Waals surface area contributed by atoms with Crippen LogP contribution in [0.4, 0.5) is 0 Å². The average Bonchev–Trinajstić information content (AvgIpc) is 3.00. The van der Waals surface area contributed by atoms with Crippen molar-refractivity contribution in [2.75, 3.05) is 7.11 Å². The van der Waals surface area contributed by atoms with E-state index in [9.17, 15) is 4.79 Å². The lowest BCUT2D eigenvalue weighted by Crippen LogP contribution is -2.22. The van der Waals surface area contributed by atoms with Crippen LogP contribution in [0.25, 0.3) is 25.1 Å². The maximum Gasteiger partial charge on any atom is 0.337 e. The Morgan fingerprint density at radius 3 is 2.36 bits per heavy atom. The first kappa shape index (κ1) is 18.5. The molecule has 0 saturated carbocycles. The van der Waals surface area contributed by atoms with Crippen LogP contribution in [-0.4, -0.2) is 18.7 Å². The molecule has 4 aromatic rings. The predicted octanol–water partition coefficient (Wildman–Crippen LogP) is 6.70. The fourth-order valence-electron chi connectivity index (χ4n) is 3.42. The fraction of sp³-hybridized carbons (Fsp3) is 0.208. The normalized spacial score (nSPS) is 12.4. The minimum Gasteiger partial charge on any atom is -0.488 e. The molecule has 0 aliphatic heterocycles. The molecule has 0 aliphatic rings. The van der Waals surface area contributed by atoms with Crippen molar-refractivity contribution in [3.63, 3.8) is 0 Å². The van der Waals surface area contributed by atoms with Crippen LogP contribution in [0, 0.1) is 0 Å². The van der Waals surface area contributed by atoms with Crippen LogP contribution >= 0.6 is 10.5 Å². The molecular formula is C24H23O3S+. The summed E-state index contributed by atoms with van der Waals surface area (Å²) in [6.45, 7) is 6.16. The van der Waals surface area contributed by atoms with Gasteiger partial charge in [0, 0.05) is 27.3 Å². The van der Waals surface area contributed by atoms with Crippen LogP contribution in [-0.2, 0) is 4.74 Å². The highest BCUT2D eigenvalue weighted by atomic mass is 32.2. The highest BCUT2D eigenvalue weighted by molar-refractivity contribution is 7.50. The molecule has 142 valence electrons. The predicted molar refractivity (Wildman–Crippen MR) is 117 cm³/mol. The molecule has 0 N–H and O–H groups in total. The van der Waals surface area contributed by atoms with Crippen molar-refractivity contribution in [2.45, 2.75) is 26.4 Å². The van der Waals surface area contributed by atoms with E-state index in [4.69, 9.17) is 9.47 Å². The number of thiophene rings is 1. The molecule has 1 heterocycles. The van der Waals surface area contributed by atoms with Gasteiger partial charge in [-0.25, -0.2) is 4.79 Å². The van der Waals surface area contributed by atoms with Gasteiger partial charge in [0.25, 0.3) is 0 Å². The first-order valence-electron chi connectivity index (χ1n) is 9.22. The van der Waals surface area contributed by atoms with Crippen molar-refractivity contribution in [1.82, 2.24) is 0 Å². The second kappa shape index (κ2) is 6.95. The molecule has 28 heavy (non-hydrogen) atoms. The van der Waals surface area contributed by atoms with E-state index in [0.29, 0.717) is 5.56 Å². The summed E-state index contributed by atoms with van der Waals surface area (Å²) in [4.78, 5) is 13.2. The number of hydrogen-bond donors (Lipinski definition) is 0. The molecule has 0 aliphatic carbocycles. The van der Waals surface area contributed by atoms with Gasteiger partial charge in [0.15, 0.2) is 14.3 Å². The van der Waals surface area contributed by atoms with Crippen LogP contribution in [0.15, 0.2) is 66.7 Å². The van der Waals surface area contributed by atoms with Gasteiger partial charge in [0.1, 0.15) is 11.4 Å². The Bertz CT molecular complexity index is 1180. The Morgan fingerprint density at radius 1 is 0.857 bits per heavy atom. The number of esters is 1. The fourth-order valence-corrected chi connectivity index (χ4v) is 5.82. The van der Waals surface area contributed by atoms with Crippen molar-refractivity contribution in [1.29, 1.82) is 0 Å². The van der Waals surface area contributed by atoms with E-state index in [1.165, 1.54) is 26.8 Å². The Balaban J connectivity index is 1.96. The third kappa shape index (κ3) is 3.36. The average molecular weight is 392 g/mol. The van der Waals surface area contributed by atoms with Crippen LogP contribution in [0.3, 0.4) is 0 Å². The molecule has 0 bridgehead atoms. The molecule has 0 fully saturated rings. The van der Waals surface area contributed by atoms with Gasteiger partial charge in [0.2, 0.25) is 0 Å². The van der Waals surface area contributed by atoms with E-state index >= 15 is 0 Å². The summed E-state index contributed by atoms with van der Waals surface area (Å²) in [5, 5.41) is 2.28. The van der Waals surface area contributed by atoms with Gasteiger partial charge in [-0.15, -0.1) is 0 Å². The number of carbonyl (C=O) groups excluding carboxylic acids is 1. The zero-order chi connectivity index (χ0) is 19.9. The van der Waals surface area contributed by atoms with E-state index < -0.39 is 0 Å². The standard InChI is InChI=1S/C24H23O3S/c1-24(2,3)27-17-8-7-9-18(15-17)28-21-11-6-5-10-19(21)20-14-16(23(25)26-4)12-13-22(20)28/h5-15H,1-4H3/q+1. The first-order valence-corrected chi connectivity index (χ1v) is 10.4. The second-order valence-electron chi connectivity index (χ2n) is 7.69. The summed E-state index contributed by atoms with van der Waals surface area (Å²) in [6.07, 6.45) is 0. The summed E-state index contributed by atoms with van der Waals surface area (Å²) < 4.78 is 13.5. The van der Waals surface area contributed by atoms with Gasteiger partial charge >= 0.3 is 5.97 Å². The number of methoxy groups -OCH3 is 1. The molecule has 1 aromatic heterocycles. The Morgan fingerprint density at radius 2 is 1.61 bits per heavy atom. The summed E-state index contributed by atoms with van der Waals surface area (Å²) >= 11 is 0. The molecule has 0 spiro atoms. The topological polar surface area (TPSA) is 35.5 Å². The number of rotatable bonds is 3. The lowest BCUT2D eigenvalue weighted by atomic mass is 10.1. The van der Waals surface area contributed by atoms with Crippen LogP contribution in [0.5, 0.6) is 5.75 Å². The van der Waals surface area contributed by atoms with Gasteiger partial charge in [-0.3, -0.25) is 0 Å². The Labute approximate surface area is 167 Å². The van der Waals surface area contributed by atoms with E-state index in [2.05, 4.69) is 57.2 Å². The zero-order valence-corrected chi connectivity index (χ0v) is 17.3. The SMILES string of the molecule is COC(=O)c1ccc2c(c1)c1ccccc1[s+]2-c1cccc(OC(C)(C)C)c1. The number of carbonyl (C=O) groups is 1. The van der Waals surface area contributed by atoms with E-state index in [0.717, 1.165) is 11.1 Å².